The van der Waals surface area contributed by atoms with Crippen LogP contribution in [0.3, 0.4) is 0 Å². The van der Waals surface area contributed by atoms with Crippen molar-refractivity contribution in [2.45, 2.75) is 6.18 Å². The van der Waals surface area contributed by atoms with Gasteiger partial charge in [-0.2, -0.15) is 13.2 Å². The molecule has 3 aromatic rings. The van der Waals surface area contributed by atoms with Gasteiger partial charge in [0.05, 0.1) is 15.6 Å². The van der Waals surface area contributed by atoms with Crippen molar-refractivity contribution in [2.24, 2.45) is 0 Å². The Labute approximate surface area is 125 Å². The van der Waals surface area contributed by atoms with Gasteiger partial charge in [0.25, 0.3) is 0 Å². The lowest BCUT2D eigenvalue weighted by molar-refractivity contribution is -0.137. The van der Waals surface area contributed by atoms with Crippen molar-refractivity contribution in [3.8, 4) is 11.5 Å². The Hall–Kier alpha value is -2.02. The van der Waals surface area contributed by atoms with Gasteiger partial charge in [-0.15, -0.1) is 0 Å². The van der Waals surface area contributed by atoms with Crippen LogP contribution in [0.2, 0.25) is 0 Å². The molecule has 0 amide bonds. The quantitative estimate of drug-likeness (QED) is 0.633. The van der Waals surface area contributed by atoms with Crippen molar-refractivity contribution in [3.63, 3.8) is 0 Å². The van der Waals surface area contributed by atoms with Crippen LogP contribution in [-0.2, 0) is 6.18 Å². The number of alkyl halides is 3. The highest BCUT2D eigenvalue weighted by molar-refractivity contribution is 9.10. The molecule has 1 aromatic heterocycles. The Balaban J connectivity index is 2.20. The minimum atomic E-state index is -4.45. The van der Waals surface area contributed by atoms with Crippen LogP contribution < -0.4 is 5.73 Å². The molecule has 7 heteroatoms. The zero-order chi connectivity index (χ0) is 15.2. The van der Waals surface area contributed by atoms with Crippen molar-refractivity contribution in [3.05, 3.63) is 46.4 Å². The molecule has 0 atom stereocenters. The van der Waals surface area contributed by atoms with Gasteiger partial charge in [0, 0.05) is 5.69 Å². The van der Waals surface area contributed by atoms with E-state index in [1.165, 1.54) is 6.07 Å². The fraction of sp³-hybridized carbons (Fsp3) is 0.0714. The molecule has 0 spiro atoms. The molecular formula is C14H8BrF3N2O. The lowest BCUT2D eigenvalue weighted by atomic mass is 10.1. The molecule has 3 rings (SSSR count). The molecule has 0 aliphatic carbocycles. The van der Waals surface area contributed by atoms with Gasteiger partial charge in [-0.3, -0.25) is 0 Å². The number of nitrogen functional groups attached to an aromatic ring is 1. The van der Waals surface area contributed by atoms with Gasteiger partial charge in [-0.05, 0) is 46.3 Å². The summed E-state index contributed by atoms with van der Waals surface area (Å²) >= 11 is 3.30. The fourth-order valence-corrected chi connectivity index (χ4v) is 2.39. The summed E-state index contributed by atoms with van der Waals surface area (Å²) in [6, 6.07) is 8.28. The van der Waals surface area contributed by atoms with Crippen LogP contribution in [0, 0.1) is 0 Å². The first-order valence-corrected chi connectivity index (χ1v) is 6.68. The minimum Gasteiger partial charge on any atom is -0.435 e. The predicted molar refractivity (Wildman–Crippen MR) is 76.6 cm³/mol. The Morgan fingerprint density at radius 3 is 2.57 bits per heavy atom. The van der Waals surface area contributed by atoms with E-state index in [9.17, 15) is 13.2 Å². The third-order valence-corrected chi connectivity index (χ3v) is 3.60. The number of aromatic nitrogens is 1. The zero-order valence-corrected chi connectivity index (χ0v) is 12.0. The number of nitrogens with zero attached hydrogens (tertiary/aromatic N) is 1. The highest BCUT2D eigenvalue weighted by Gasteiger charge is 2.31. The summed E-state index contributed by atoms with van der Waals surface area (Å²) in [4.78, 5) is 4.18. The van der Waals surface area contributed by atoms with Gasteiger partial charge >= 0.3 is 6.18 Å². The Morgan fingerprint density at radius 2 is 1.90 bits per heavy atom. The van der Waals surface area contributed by atoms with E-state index in [4.69, 9.17) is 10.2 Å². The predicted octanol–water partition coefficient (Wildman–Crippen LogP) is 4.86. The van der Waals surface area contributed by atoms with Crippen molar-refractivity contribution in [1.29, 1.82) is 0 Å². The van der Waals surface area contributed by atoms with Gasteiger partial charge in [-0.25, -0.2) is 4.98 Å². The molecule has 108 valence electrons. The number of hydrogen-bond acceptors (Lipinski definition) is 3. The monoisotopic (exact) mass is 356 g/mol. The Kier molecular flexibility index (Phi) is 3.16. The van der Waals surface area contributed by atoms with Crippen molar-refractivity contribution in [2.75, 3.05) is 5.73 Å². The number of rotatable bonds is 1. The normalized spacial score (nSPS) is 12.0. The maximum atomic E-state index is 12.8. The smallest absolute Gasteiger partial charge is 0.416 e. The third kappa shape index (κ3) is 2.49. The second-order valence-electron chi connectivity index (χ2n) is 4.41. The second kappa shape index (κ2) is 4.77. The highest BCUT2D eigenvalue weighted by atomic mass is 79.9. The SMILES string of the molecule is Nc1ccc(C(F)(F)F)cc1-c1nc2cccc(Br)c2o1. The van der Waals surface area contributed by atoms with Crippen molar-refractivity contribution in [1.82, 2.24) is 4.98 Å². The maximum absolute atomic E-state index is 12.8. The molecule has 0 fully saturated rings. The first kappa shape index (κ1) is 13.9. The van der Waals surface area contributed by atoms with Crippen LogP contribution in [0.1, 0.15) is 5.56 Å². The molecule has 0 unspecified atom stereocenters. The summed E-state index contributed by atoms with van der Waals surface area (Å²) in [5.74, 6) is 0.0560. The standard InChI is InChI=1S/C14H8BrF3N2O/c15-9-2-1-3-11-12(9)21-13(20-11)8-6-7(14(16,17)18)4-5-10(8)19/h1-6H,19H2. The number of fused-ring (bicyclic) bond motifs is 1. The molecule has 0 saturated carbocycles. The van der Waals surface area contributed by atoms with E-state index in [0.717, 1.165) is 12.1 Å². The van der Waals surface area contributed by atoms with Crippen LogP contribution in [0.25, 0.3) is 22.6 Å². The molecule has 0 aliphatic rings. The number of anilines is 1. The van der Waals surface area contributed by atoms with Gasteiger partial charge in [0.2, 0.25) is 5.89 Å². The molecule has 2 aromatic carbocycles. The van der Waals surface area contributed by atoms with Crippen LogP contribution >= 0.6 is 15.9 Å². The summed E-state index contributed by atoms with van der Waals surface area (Å²) < 4.78 is 44.6. The van der Waals surface area contributed by atoms with Crippen molar-refractivity contribution >= 4 is 32.7 Å². The van der Waals surface area contributed by atoms with E-state index >= 15 is 0 Å². The summed E-state index contributed by atoms with van der Waals surface area (Å²) in [5.41, 5.74) is 6.24. The first-order valence-electron chi connectivity index (χ1n) is 5.88. The summed E-state index contributed by atoms with van der Waals surface area (Å²) in [7, 11) is 0. The van der Waals surface area contributed by atoms with E-state index < -0.39 is 11.7 Å². The average Bonchev–Trinajstić information content (AvgIpc) is 2.83. The number of benzene rings is 2. The van der Waals surface area contributed by atoms with Crippen molar-refractivity contribution < 1.29 is 17.6 Å². The van der Waals surface area contributed by atoms with E-state index in [1.54, 1.807) is 18.2 Å². The first-order chi connectivity index (χ1) is 9.86. The summed E-state index contributed by atoms with van der Waals surface area (Å²) in [6.45, 7) is 0. The Morgan fingerprint density at radius 1 is 1.14 bits per heavy atom. The van der Waals surface area contributed by atoms with Crippen LogP contribution in [0.5, 0.6) is 0 Å². The third-order valence-electron chi connectivity index (χ3n) is 2.98. The average molecular weight is 357 g/mol. The molecule has 21 heavy (non-hydrogen) atoms. The maximum Gasteiger partial charge on any atom is 0.416 e. The van der Waals surface area contributed by atoms with Crippen LogP contribution in [-0.4, -0.2) is 4.98 Å². The van der Waals surface area contributed by atoms with E-state index in [1.807, 2.05) is 0 Å². The lowest BCUT2D eigenvalue weighted by Crippen LogP contribution is -2.05. The molecule has 3 nitrogen and oxygen atoms in total. The van der Waals surface area contributed by atoms with Crippen LogP contribution in [0.4, 0.5) is 18.9 Å². The number of nitrogens with two attached hydrogens (primary N) is 1. The van der Waals surface area contributed by atoms with E-state index in [2.05, 4.69) is 20.9 Å². The van der Waals surface area contributed by atoms with Gasteiger partial charge < -0.3 is 10.2 Å². The fourth-order valence-electron chi connectivity index (χ4n) is 1.95. The summed E-state index contributed by atoms with van der Waals surface area (Å²) in [5, 5.41) is 0. The number of halogens is 4. The largest absolute Gasteiger partial charge is 0.435 e. The lowest BCUT2D eigenvalue weighted by Gasteiger charge is -2.09. The summed E-state index contributed by atoms with van der Waals surface area (Å²) in [6.07, 6.45) is -4.45. The Bertz CT molecular complexity index is 827. The minimum absolute atomic E-state index is 0.0560. The molecule has 0 aliphatic heterocycles. The number of para-hydroxylation sites is 1. The molecule has 0 bridgehead atoms. The van der Waals surface area contributed by atoms with Gasteiger partial charge in [0.15, 0.2) is 5.58 Å². The van der Waals surface area contributed by atoms with E-state index in [0.29, 0.717) is 15.6 Å². The molecular weight excluding hydrogens is 349 g/mol. The molecule has 0 radical (unpaired) electrons. The van der Waals surface area contributed by atoms with E-state index in [-0.39, 0.29) is 17.1 Å². The molecule has 2 N–H and O–H groups in total. The molecule has 1 heterocycles. The topological polar surface area (TPSA) is 52.0 Å². The second-order valence-corrected chi connectivity index (χ2v) is 5.26. The zero-order valence-electron chi connectivity index (χ0n) is 10.4. The highest BCUT2D eigenvalue weighted by Crippen LogP contribution is 2.36. The van der Waals surface area contributed by atoms with Gasteiger partial charge in [-0.1, -0.05) is 6.07 Å². The van der Waals surface area contributed by atoms with Gasteiger partial charge in [0.1, 0.15) is 5.52 Å². The molecule has 0 saturated heterocycles. The number of hydrogen-bond donors (Lipinski definition) is 1. The number of oxazole rings is 1. The van der Waals surface area contributed by atoms with Crippen LogP contribution in [0.15, 0.2) is 45.3 Å².